The zero-order valence-electron chi connectivity index (χ0n) is 6.32. The molecule has 0 amide bonds. The van der Waals surface area contributed by atoms with Crippen molar-refractivity contribution in [1.29, 1.82) is 0 Å². The summed E-state index contributed by atoms with van der Waals surface area (Å²) >= 11 is 0. The second kappa shape index (κ2) is 2.86. The van der Waals surface area contributed by atoms with Crippen LogP contribution in [0.15, 0.2) is 0 Å². The van der Waals surface area contributed by atoms with Gasteiger partial charge in [-0.2, -0.15) is 0 Å². The van der Waals surface area contributed by atoms with E-state index in [9.17, 15) is 10.2 Å². The van der Waals surface area contributed by atoms with Crippen molar-refractivity contribution in [3.05, 3.63) is 0 Å². The van der Waals surface area contributed by atoms with E-state index in [4.69, 9.17) is 4.74 Å². The first-order valence-corrected chi connectivity index (χ1v) is 3.60. The van der Waals surface area contributed by atoms with Gasteiger partial charge < -0.3 is 14.9 Å². The Bertz CT molecular complexity index is 103. The Labute approximate surface area is 60.6 Å². The minimum absolute atomic E-state index is 0.0965. The molecule has 0 aliphatic carbocycles. The van der Waals surface area contributed by atoms with Gasteiger partial charge in [0, 0.05) is 0 Å². The van der Waals surface area contributed by atoms with Crippen LogP contribution < -0.4 is 0 Å². The summed E-state index contributed by atoms with van der Waals surface area (Å²) in [7, 11) is 0. The van der Waals surface area contributed by atoms with Gasteiger partial charge in [-0.25, -0.2) is 0 Å². The number of hydrogen-bond acceptors (Lipinski definition) is 3. The lowest BCUT2D eigenvalue weighted by Crippen LogP contribution is -2.34. The van der Waals surface area contributed by atoms with E-state index in [1.54, 1.807) is 0 Å². The standard InChI is InChI=1S/C7H14O3/c1-4(2)6(8)7(9)5-3-10-5/h4-9H,3H2,1-2H3/t5-,6+,7+/m0/s1. The Morgan fingerprint density at radius 2 is 1.90 bits per heavy atom. The SMILES string of the molecule is CC(C)[C@@H](O)[C@H](O)[C@@H]1CO1. The lowest BCUT2D eigenvalue weighted by molar-refractivity contribution is -0.0218. The van der Waals surface area contributed by atoms with Gasteiger partial charge in [0.1, 0.15) is 12.2 Å². The minimum atomic E-state index is -0.694. The Kier molecular flexibility index (Phi) is 2.28. The molecule has 0 aromatic rings. The first-order valence-electron chi connectivity index (χ1n) is 3.60. The van der Waals surface area contributed by atoms with E-state index in [2.05, 4.69) is 0 Å². The van der Waals surface area contributed by atoms with Crippen LogP contribution >= 0.6 is 0 Å². The first-order chi connectivity index (χ1) is 4.63. The second-order valence-electron chi connectivity index (χ2n) is 3.10. The largest absolute Gasteiger partial charge is 0.390 e. The fraction of sp³-hybridized carbons (Fsp3) is 1.00. The molecule has 1 rings (SSSR count). The third kappa shape index (κ3) is 1.68. The molecule has 60 valence electrons. The van der Waals surface area contributed by atoms with Crippen molar-refractivity contribution in [3.63, 3.8) is 0 Å². The highest BCUT2D eigenvalue weighted by Crippen LogP contribution is 2.19. The van der Waals surface area contributed by atoms with Gasteiger partial charge in [0.25, 0.3) is 0 Å². The van der Waals surface area contributed by atoms with E-state index < -0.39 is 12.2 Å². The van der Waals surface area contributed by atoms with Crippen molar-refractivity contribution in [2.45, 2.75) is 32.2 Å². The van der Waals surface area contributed by atoms with Gasteiger partial charge >= 0.3 is 0 Å². The molecule has 0 spiro atoms. The van der Waals surface area contributed by atoms with E-state index in [1.165, 1.54) is 0 Å². The van der Waals surface area contributed by atoms with Crippen molar-refractivity contribution in [1.82, 2.24) is 0 Å². The topological polar surface area (TPSA) is 53.0 Å². The van der Waals surface area contributed by atoms with E-state index in [1.807, 2.05) is 13.8 Å². The summed E-state index contributed by atoms with van der Waals surface area (Å²) < 4.78 is 4.83. The van der Waals surface area contributed by atoms with E-state index in [0.717, 1.165) is 0 Å². The fourth-order valence-electron chi connectivity index (χ4n) is 0.867. The molecule has 1 saturated heterocycles. The van der Waals surface area contributed by atoms with Crippen LogP contribution in [0.25, 0.3) is 0 Å². The van der Waals surface area contributed by atoms with Crippen molar-refractivity contribution < 1.29 is 14.9 Å². The van der Waals surface area contributed by atoms with Gasteiger partial charge in [0.2, 0.25) is 0 Å². The van der Waals surface area contributed by atoms with Crippen LogP contribution in [-0.4, -0.2) is 35.1 Å². The maximum Gasteiger partial charge on any atom is 0.109 e. The number of aliphatic hydroxyl groups is 2. The van der Waals surface area contributed by atoms with E-state index >= 15 is 0 Å². The average Bonchev–Trinajstić information content (AvgIpc) is 2.65. The predicted octanol–water partition coefficient (Wildman–Crippen LogP) is -0.237. The summed E-state index contributed by atoms with van der Waals surface area (Å²) in [5.74, 6) is 0.0965. The van der Waals surface area contributed by atoms with E-state index in [-0.39, 0.29) is 12.0 Å². The second-order valence-corrected chi connectivity index (χ2v) is 3.10. The highest BCUT2D eigenvalue weighted by atomic mass is 16.6. The van der Waals surface area contributed by atoms with Crippen LogP contribution in [0.1, 0.15) is 13.8 Å². The predicted molar refractivity (Wildman–Crippen MR) is 36.6 cm³/mol. The van der Waals surface area contributed by atoms with Gasteiger partial charge in [0.05, 0.1) is 12.7 Å². The molecule has 0 unspecified atom stereocenters. The van der Waals surface area contributed by atoms with Gasteiger partial charge in [-0.05, 0) is 5.92 Å². The maximum absolute atomic E-state index is 9.28. The van der Waals surface area contributed by atoms with Crippen molar-refractivity contribution >= 4 is 0 Å². The van der Waals surface area contributed by atoms with Crippen LogP contribution in [0.2, 0.25) is 0 Å². The Hall–Kier alpha value is -0.120. The molecule has 1 aliphatic rings. The molecule has 0 aromatic carbocycles. The van der Waals surface area contributed by atoms with Crippen molar-refractivity contribution in [2.24, 2.45) is 5.92 Å². The number of aliphatic hydroxyl groups excluding tert-OH is 2. The lowest BCUT2D eigenvalue weighted by Gasteiger charge is -2.18. The summed E-state index contributed by atoms with van der Waals surface area (Å²) in [5, 5.41) is 18.5. The third-order valence-electron chi connectivity index (χ3n) is 1.77. The van der Waals surface area contributed by atoms with Gasteiger partial charge in [-0.1, -0.05) is 13.8 Å². The highest BCUT2D eigenvalue weighted by molar-refractivity contribution is 4.84. The molecule has 0 bridgehead atoms. The van der Waals surface area contributed by atoms with E-state index in [0.29, 0.717) is 6.61 Å². The molecule has 1 fully saturated rings. The Balaban J connectivity index is 2.30. The maximum atomic E-state index is 9.28. The molecule has 0 radical (unpaired) electrons. The first kappa shape index (κ1) is 7.98. The summed E-state index contributed by atoms with van der Waals surface area (Å²) in [6.07, 6.45) is -1.45. The van der Waals surface area contributed by atoms with Crippen LogP contribution in [0.4, 0.5) is 0 Å². The summed E-state index contributed by atoms with van der Waals surface area (Å²) in [4.78, 5) is 0. The summed E-state index contributed by atoms with van der Waals surface area (Å²) in [6, 6.07) is 0. The zero-order valence-corrected chi connectivity index (χ0v) is 6.32. The van der Waals surface area contributed by atoms with Crippen molar-refractivity contribution in [3.8, 4) is 0 Å². The molecule has 0 aromatic heterocycles. The molecular weight excluding hydrogens is 132 g/mol. The molecule has 3 atom stereocenters. The molecule has 1 aliphatic heterocycles. The monoisotopic (exact) mass is 146 g/mol. The smallest absolute Gasteiger partial charge is 0.109 e. The minimum Gasteiger partial charge on any atom is -0.390 e. The summed E-state index contributed by atoms with van der Waals surface area (Å²) in [5.41, 5.74) is 0. The number of rotatable bonds is 3. The molecular formula is C7H14O3. The third-order valence-corrected chi connectivity index (χ3v) is 1.77. The highest BCUT2D eigenvalue weighted by Gasteiger charge is 2.36. The Morgan fingerprint density at radius 1 is 1.40 bits per heavy atom. The summed E-state index contributed by atoms with van der Waals surface area (Å²) in [6.45, 7) is 4.33. The van der Waals surface area contributed by atoms with Gasteiger partial charge in [-0.15, -0.1) is 0 Å². The van der Waals surface area contributed by atoms with Crippen LogP contribution in [0, 0.1) is 5.92 Å². The molecule has 3 heteroatoms. The number of ether oxygens (including phenoxy) is 1. The molecule has 1 heterocycles. The number of hydrogen-bond donors (Lipinski definition) is 2. The zero-order chi connectivity index (χ0) is 7.72. The lowest BCUT2D eigenvalue weighted by atomic mass is 10.0. The fourth-order valence-corrected chi connectivity index (χ4v) is 0.867. The normalized spacial score (nSPS) is 30.3. The molecule has 3 nitrogen and oxygen atoms in total. The quantitative estimate of drug-likeness (QED) is 0.540. The van der Waals surface area contributed by atoms with Crippen LogP contribution in [0.5, 0.6) is 0 Å². The van der Waals surface area contributed by atoms with Gasteiger partial charge in [-0.3, -0.25) is 0 Å². The molecule has 0 saturated carbocycles. The van der Waals surface area contributed by atoms with Crippen molar-refractivity contribution in [2.75, 3.05) is 6.61 Å². The average molecular weight is 146 g/mol. The molecule has 2 N–H and O–H groups in total. The van der Waals surface area contributed by atoms with Gasteiger partial charge in [0.15, 0.2) is 0 Å². The van der Waals surface area contributed by atoms with Crippen LogP contribution in [-0.2, 0) is 4.74 Å². The Morgan fingerprint density at radius 3 is 2.20 bits per heavy atom. The number of epoxide rings is 1. The molecule has 10 heavy (non-hydrogen) atoms. The van der Waals surface area contributed by atoms with Crippen LogP contribution in [0.3, 0.4) is 0 Å².